The first-order valence-electron chi connectivity index (χ1n) is 11.9. The zero-order valence-electron chi connectivity index (χ0n) is 21.4. The molecule has 0 radical (unpaired) electrons. The molecule has 1 rings (SSSR count). The quantitative estimate of drug-likeness (QED) is 0.126. The minimum Gasteiger partial charge on any atom is -0.480 e. The molecule has 0 saturated carbocycles. The molecule has 6 N–H and O–H groups in total. The van der Waals surface area contributed by atoms with Gasteiger partial charge in [-0.05, 0) is 38.0 Å². The standard InChI is InChI=1S/C24H36N4O10/c1-16(2)25-18-5-3-17(4-6-18)9-19(28(14-23(35)36)15-24(37)38)10-26(11-20(29)30)7-8-27(12-21(31)32)13-22(33)34/h3-6,16,19,25H,7-15H2,1-2H3,(H,29,30)(H,31,32)(H,33,34)(H,35,36)(H,37,38). The van der Waals surface area contributed by atoms with Gasteiger partial charge in [0.2, 0.25) is 0 Å². The summed E-state index contributed by atoms with van der Waals surface area (Å²) in [7, 11) is 0. The molecule has 0 aliphatic rings. The van der Waals surface area contributed by atoms with Crippen LogP contribution in [0, 0.1) is 0 Å². The topological polar surface area (TPSA) is 208 Å². The maximum atomic E-state index is 11.5. The fraction of sp³-hybridized carbons (Fsp3) is 0.542. The third kappa shape index (κ3) is 14.1. The number of aliphatic carboxylic acids is 5. The zero-order chi connectivity index (χ0) is 28.8. The van der Waals surface area contributed by atoms with Gasteiger partial charge in [0.05, 0.1) is 32.7 Å². The Hall–Kier alpha value is -3.75. The molecule has 0 aliphatic heterocycles. The highest BCUT2D eigenvalue weighted by Gasteiger charge is 2.27. The summed E-state index contributed by atoms with van der Waals surface area (Å²) >= 11 is 0. The molecule has 0 spiro atoms. The fourth-order valence-electron chi connectivity index (χ4n) is 3.92. The van der Waals surface area contributed by atoms with Gasteiger partial charge in [0.25, 0.3) is 0 Å². The third-order valence-corrected chi connectivity index (χ3v) is 5.35. The maximum absolute atomic E-state index is 11.5. The van der Waals surface area contributed by atoms with Crippen molar-refractivity contribution in [3.8, 4) is 0 Å². The lowest BCUT2D eigenvalue weighted by Crippen LogP contribution is -2.51. The number of anilines is 1. The molecule has 14 heteroatoms. The number of nitrogens with zero attached hydrogens (tertiary/aromatic N) is 3. The van der Waals surface area contributed by atoms with E-state index in [1.165, 1.54) is 9.80 Å². The van der Waals surface area contributed by atoms with Crippen LogP contribution in [-0.2, 0) is 30.4 Å². The van der Waals surface area contributed by atoms with E-state index in [1.54, 1.807) is 12.1 Å². The summed E-state index contributed by atoms with van der Waals surface area (Å²) in [5, 5.41) is 49.6. The Bertz CT molecular complexity index is 922. The van der Waals surface area contributed by atoms with Crippen molar-refractivity contribution in [1.29, 1.82) is 0 Å². The fourth-order valence-corrected chi connectivity index (χ4v) is 3.92. The van der Waals surface area contributed by atoms with Gasteiger partial charge in [0.1, 0.15) is 0 Å². The van der Waals surface area contributed by atoms with Crippen LogP contribution in [0.4, 0.5) is 5.69 Å². The Morgan fingerprint density at radius 2 is 1.11 bits per heavy atom. The predicted molar refractivity (Wildman–Crippen MR) is 135 cm³/mol. The van der Waals surface area contributed by atoms with Crippen LogP contribution in [-0.4, -0.2) is 135 Å². The molecule has 0 aliphatic carbocycles. The predicted octanol–water partition coefficient (Wildman–Crippen LogP) is -0.253. The van der Waals surface area contributed by atoms with Crippen LogP contribution in [0.15, 0.2) is 24.3 Å². The van der Waals surface area contributed by atoms with Crippen LogP contribution < -0.4 is 5.32 Å². The molecule has 0 heterocycles. The molecule has 1 atom stereocenters. The normalized spacial score (nSPS) is 12.2. The highest BCUT2D eigenvalue weighted by atomic mass is 16.4. The van der Waals surface area contributed by atoms with Crippen molar-refractivity contribution in [2.75, 3.05) is 57.7 Å². The number of carbonyl (C=O) groups is 5. The van der Waals surface area contributed by atoms with Crippen LogP contribution in [0.1, 0.15) is 19.4 Å². The molecule has 1 aromatic rings. The number of carboxylic acids is 5. The minimum absolute atomic E-state index is 0.0470. The van der Waals surface area contributed by atoms with Gasteiger partial charge in [-0.15, -0.1) is 0 Å². The molecule has 14 nitrogen and oxygen atoms in total. The van der Waals surface area contributed by atoms with Gasteiger partial charge in [-0.1, -0.05) is 12.1 Å². The van der Waals surface area contributed by atoms with E-state index < -0.39 is 68.6 Å². The van der Waals surface area contributed by atoms with E-state index in [9.17, 15) is 39.3 Å². The molecular formula is C24H36N4O10. The van der Waals surface area contributed by atoms with E-state index in [4.69, 9.17) is 10.2 Å². The maximum Gasteiger partial charge on any atom is 0.317 e. The van der Waals surface area contributed by atoms with E-state index in [-0.39, 0.29) is 32.1 Å². The summed E-state index contributed by atoms with van der Waals surface area (Å²) in [5.41, 5.74) is 1.62. The Morgan fingerprint density at radius 3 is 1.53 bits per heavy atom. The highest BCUT2D eigenvalue weighted by molar-refractivity contribution is 5.73. The number of nitrogens with one attached hydrogen (secondary N) is 1. The lowest BCUT2D eigenvalue weighted by Gasteiger charge is -2.34. The first-order valence-corrected chi connectivity index (χ1v) is 11.9. The monoisotopic (exact) mass is 540 g/mol. The summed E-state index contributed by atoms with van der Waals surface area (Å²) in [6, 6.07) is 6.73. The van der Waals surface area contributed by atoms with Gasteiger partial charge in [-0.2, -0.15) is 0 Å². The number of hydrogen-bond acceptors (Lipinski definition) is 9. The highest BCUT2D eigenvalue weighted by Crippen LogP contribution is 2.16. The van der Waals surface area contributed by atoms with Crippen molar-refractivity contribution in [3.05, 3.63) is 29.8 Å². The molecule has 1 unspecified atom stereocenters. The molecule has 212 valence electrons. The number of carboxylic acid groups (broad SMARTS) is 5. The van der Waals surface area contributed by atoms with Crippen LogP contribution in [0.5, 0.6) is 0 Å². The second-order valence-corrected chi connectivity index (χ2v) is 9.17. The zero-order valence-corrected chi connectivity index (χ0v) is 21.4. The van der Waals surface area contributed by atoms with Crippen molar-refractivity contribution >= 4 is 35.5 Å². The van der Waals surface area contributed by atoms with Crippen molar-refractivity contribution < 1.29 is 49.5 Å². The van der Waals surface area contributed by atoms with E-state index >= 15 is 0 Å². The molecule has 0 saturated heterocycles. The molecule has 0 fully saturated rings. The van der Waals surface area contributed by atoms with Crippen molar-refractivity contribution in [3.63, 3.8) is 0 Å². The van der Waals surface area contributed by atoms with Crippen LogP contribution in [0.3, 0.4) is 0 Å². The van der Waals surface area contributed by atoms with Gasteiger partial charge >= 0.3 is 29.8 Å². The first kappa shape index (κ1) is 32.3. The average Bonchev–Trinajstić information content (AvgIpc) is 2.75. The number of rotatable bonds is 20. The second kappa shape index (κ2) is 16.2. The van der Waals surface area contributed by atoms with Gasteiger partial charge in [-0.3, -0.25) is 38.7 Å². The first-order chi connectivity index (χ1) is 17.7. The Balaban J connectivity index is 3.22. The van der Waals surface area contributed by atoms with Gasteiger partial charge in [-0.25, -0.2) is 0 Å². The van der Waals surface area contributed by atoms with Crippen molar-refractivity contribution in [2.24, 2.45) is 0 Å². The van der Waals surface area contributed by atoms with E-state index in [2.05, 4.69) is 5.32 Å². The van der Waals surface area contributed by atoms with Crippen LogP contribution >= 0.6 is 0 Å². The van der Waals surface area contributed by atoms with Gasteiger partial charge in [0.15, 0.2) is 0 Å². The second-order valence-electron chi connectivity index (χ2n) is 9.17. The largest absolute Gasteiger partial charge is 0.480 e. The number of benzene rings is 1. The van der Waals surface area contributed by atoms with E-state index in [1.807, 2.05) is 26.0 Å². The molecule has 38 heavy (non-hydrogen) atoms. The molecular weight excluding hydrogens is 504 g/mol. The van der Waals surface area contributed by atoms with E-state index in [0.29, 0.717) is 0 Å². The SMILES string of the molecule is CC(C)Nc1ccc(CC(CN(CCN(CC(=O)O)CC(=O)O)CC(=O)O)N(CC(=O)O)CC(=O)O)cc1. The summed E-state index contributed by atoms with van der Waals surface area (Å²) in [5.74, 6) is -6.23. The van der Waals surface area contributed by atoms with Gasteiger partial charge in [0, 0.05) is 37.4 Å². The summed E-state index contributed by atoms with van der Waals surface area (Å²) in [6.45, 7) is 0.901. The number of hydrogen-bond donors (Lipinski definition) is 6. The van der Waals surface area contributed by atoms with E-state index in [0.717, 1.165) is 16.2 Å². The Labute approximate surface area is 220 Å². The molecule has 0 amide bonds. The molecule has 0 bridgehead atoms. The summed E-state index contributed by atoms with van der Waals surface area (Å²) in [6.07, 6.45) is 0.201. The summed E-state index contributed by atoms with van der Waals surface area (Å²) < 4.78 is 0. The molecule has 0 aromatic heterocycles. The Kier molecular flexibility index (Phi) is 13.7. The van der Waals surface area contributed by atoms with Crippen molar-refractivity contribution in [1.82, 2.24) is 14.7 Å². The van der Waals surface area contributed by atoms with Crippen LogP contribution in [0.2, 0.25) is 0 Å². The minimum atomic E-state index is -1.26. The molecule has 1 aromatic carbocycles. The lowest BCUT2D eigenvalue weighted by atomic mass is 10.0. The van der Waals surface area contributed by atoms with Crippen molar-refractivity contribution in [2.45, 2.75) is 32.4 Å². The smallest absolute Gasteiger partial charge is 0.317 e. The summed E-state index contributed by atoms with van der Waals surface area (Å²) in [4.78, 5) is 60.6. The third-order valence-electron chi connectivity index (χ3n) is 5.35. The van der Waals surface area contributed by atoms with Crippen LogP contribution in [0.25, 0.3) is 0 Å². The Morgan fingerprint density at radius 1 is 0.684 bits per heavy atom. The average molecular weight is 541 g/mol. The lowest BCUT2D eigenvalue weighted by molar-refractivity contribution is -0.144. The van der Waals surface area contributed by atoms with Gasteiger partial charge < -0.3 is 30.8 Å².